The van der Waals surface area contributed by atoms with E-state index in [0.29, 0.717) is 0 Å². The van der Waals surface area contributed by atoms with E-state index in [0.717, 1.165) is 19.0 Å². The minimum atomic E-state index is 0.930. The lowest BCUT2D eigenvalue weighted by atomic mass is 9.99. The van der Waals surface area contributed by atoms with Gasteiger partial charge in [0.2, 0.25) is 0 Å². The summed E-state index contributed by atoms with van der Waals surface area (Å²) in [6.45, 7) is 12.6. The van der Waals surface area contributed by atoms with Crippen molar-refractivity contribution >= 4 is 0 Å². The Labute approximate surface area is 118 Å². The van der Waals surface area contributed by atoms with Crippen LogP contribution in [0.25, 0.3) is 0 Å². The van der Waals surface area contributed by atoms with E-state index in [1.165, 1.54) is 49.2 Å². The molecule has 2 rings (SSSR count). The van der Waals surface area contributed by atoms with Gasteiger partial charge in [-0.15, -0.1) is 0 Å². The molecule has 0 spiro atoms. The van der Waals surface area contributed by atoms with E-state index in [4.69, 9.17) is 0 Å². The van der Waals surface area contributed by atoms with E-state index in [9.17, 15) is 0 Å². The molecule has 0 aromatic heterocycles. The zero-order chi connectivity index (χ0) is 13.7. The summed E-state index contributed by atoms with van der Waals surface area (Å²) in [5.41, 5.74) is 4.26. The maximum atomic E-state index is 3.59. The van der Waals surface area contributed by atoms with Gasteiger partial charge in [-0.25, -0.2) is 0 Å². The molecule has 0 radical (unpaired) electrons. The Morgan fingerprint density at radius 3 is 2.68 bits per heavy atom. The molecule has 0 aliphatic carbocycles. The number of nitrogens with zero attached hydrogens (tertiary/aromatic N) is 1. The summed E-state index contributed by atoms with van der Waals surface area (Å²) in [6, 6.07) is 6.58. The van der Waals surface area contributed by atoms with Crippen LogP contribution >= 0.6 is 0 Å². The largest absolute Gasteiger partial charge is 0.311 e. The van der Waals surface area contributed by atoms with Gasteiger partial charge in [-0.05, 0) is 62.4 Å². The van der Waals surface area contributed by atoms with Crippen molar-refractivity contribution in [3.63, 3.8) is 0 Å². The fourth-order valence-electron chi connectivity index (χ4n) is 2.75. The van der Waals surface area contributed by atoms with Crippen LogP contribution in [0.3, 0.4) is 0 Å². The van der Waals surface area contributed by atoms with Crippen LogP contribution in [-0.2, 0) is 6.54 Å². The summed E-state index contributed by atoms with van der Waals surface area (Å²) < 4.78 is 0. The van der Waals surface area contributed by atoms with Crippen LogP contribution in [0.5, 0.6) is 0 Å². The first-order chi connectivity index (χ1) is 9.16. The van der Waals surface area contributed by atoms with Gasteiger partial charge in [0.25, 0.3) is 0 Å². The molecule has 1 saturated heterocycles. The van der Waals surface area contributed by atoms with Gasteiger partial charge >= 0.3 is 0 Å². The molecule has 1 aliphatic heterocycles. The average molecular weight is 260 g/mol. The number of piperidine rings is 1. The number of hydrogen-bond donors (Lipinski definition) is 1. The number of likely N-dealkylation sites (tertiary alicyclic amines) is 1. The van der Waals surface area contributed by atoms with Crippen LogP contribution in [0.2, 0.25) is 0 Å². The monoisotopic (exact) mass is 260 g/mol. The molecule has 0 unspecified atom stereocenters. The summed E-state index contributed by atoms with van der Waals surface area (Å²) in [5, 5.41) is 3.59. The Kier molecular flexibility index (Phi) is 5.41. The lowest BCUT2D eigenvalue weighted by molar-refractivity contribution is 0.193. The van der Waals surface area contributed by atoms with Crippen LogP contribution in [0.15, 0.2) is 18.2 Å². The van der Waals surface area contributed by atoms with Crippen LogP contribution in [0.1, 0.15) is 36.5 Å². The van der Waals surface area contributed by atoms with Gasteiger partial charge < -0.3 is 10.2 Å². The topological polar surface area (TPSA) is 15.3 Å². The molecular formula is C17H28N2. The molecular weight excluding hydrogens is 232 g/mol. The molecule has 1 aromatic carbocycles. The van der Waals surface area contributed by atoms with Gasteiger partial charge in [0, 0.05) is 19.6 Å². The molecule has 106 valence electrons. The van der Waals surface area contributed by atoms with Crippen LogP contribution < -0.4 is 5.32 Å². The molecule has 0 amide bonds. The Hall–Kier alpha value is -0.860. The molecule has 1 heterocycles. The molecule has 1 fully saturated rings. The number of rotatable bonds is 5. The van der Waals surface area contributed by atoms with Crippen LogP contribution in [0.4, 0.5) is 0 Å². The van der Waals surface area contributed by atoms with E-state index >= 15 is 0 Å². The van der Waals surface area contributed by atoms with Crippen LogP contribution in [-0.4, -0.2) is 31.1 Å². The molecule has 1 aromatic rings. The first kappa shape index (κ1) is 14.5. The smallest absolute Gasteiger partial charge is 0.0208 e. The Morgan fingerprint density at radius 1 is 1.21 bits per heavy atom. The minimum absolute atomic E-state index is 0.930. The quantitative estimate of drug-likeness (QED) is 0.818. The number of nitrogens with one attached hydrogen (secondary N) is 1. The highest BCUT2D eigenvalue weighted by Gasteiger charge is 2.14. The molecule has 0 bridgehead atoms. The van der Waals surface area contributed by atoms with Gasteiger partial charge in [0.15, 0.2) is 0 Å². The molecule has 0 saturated carbocycles. The van der Waals surface area contributed by atoms with Crippen molar-refractivity contribution < 1.29 is 0 Å². The van der Waals surface area contributed by atoms with Gasteiger partial charge in [-0.2, -0.15) is 0 Å². The normalized spacial score (nSPS) is 17.8. The maximum absolute atomic E-state index is 3.59. The molecule has 19 heavy (non-hydrogen) atoms. The van der Waals surface area contributed by atoms with Gasteiger partial charge in [0.05, 0.1) is 0 Å². The number of aryl methyl sites for hydroxylation is 1. The van der Waals surface area contributed by atoms with E-state index in [-0.39, 0.29) is 0 Å². The van der Waals surface area contributed by atoms with Gasteiger partial charge in [-0.3, -0.25) is 0 Å². The lowest BCUT2D eigenvalue weighted by Gasteiger charge is -2.30. The molecule has 2 nitrogen and oxygen atoms in total. The fourth-order valence-corrected chi connectivity index (χ4v) is 2.75. The van der Waals surface area contributed by atoms with Crippen molar-refractivity contribution in [2.45, 2.75) is 40.2 Å². The van der Waals surface area contributed by atoms with Crippen molar-refractivity contribution in [1.29, 1.82) is 0 Å². The highest BCUT2D eigenvalue weighted by molar-refractivity contribution is 5.32. The first-order valence-electron chi connectivity index (χ1n) is 7.65. The fraction of sp³-hybridized carbons (Fsp3) is 0.647. The molecule has 1 aliphatic rings. The van der Waals surface area contributed by atoms with Gasteiger partial charge in [0.1, 0.15) is 0 Å². The summed E-state index contributed by atoms with van der Waals surface area (Å²) in [7, 11) is 0. The molecule has 1 N–H and O–H groups in total. The summed E-state index contributed by atoms with van der Waals surface area (Å²) in [6.07, 6.45) is 2.74. The van der Waals surface area contributed by atoms with Crippen molar-refractivity contribution in [3.05, 3.63) is 34.9 Å². The lowest BCUT2D eigenvalue weighted by Crippen LogP contribution is -2.37. The second-order valence-electron chi connectivity index (χ2n) is 6.06. The minimum Gasteiger partial charge on any atom is -0.311 e. The first-order valence-corrected chi connectivity index (χ1v) is 7.65. The van der Waals surface area contributed by atoms with Crippen molar-refractivity contribution in [2.75, 3.05) is 26.2 Å². The van der Waals surface area contributed by atoms with Crippen LogP contribution in [0, 0.1) is 19.8 Å². The molecule has 2 heteroatoms. The molecule has 0 atom stereocenters. The highest BCUT2D eigenvalue weighted by atomic mass is 15.1. The SMILES string of the molecule is Cc1cccc(CNCCN2CCC(C)CC2)c1C. The number of benzene rings is 1. The third kappa shape index (κ3) is 4.32. The average Bonchev–Trinajstić information content (AvgIpc) is 2.41. The standard InChI is InChI=1S/C17H28N2/c1-14-7-10-19(11-8-14)12-9-18-13-17-6-4-5-15(2)16(17)3/h4-6,14,18H,7-13H2,1-3H3. The third-order valence-electron chi connectivity index (χ3n) is 4.51. The van der Waals surface area contributed by atoms with E-state index in [1.807, 2.05) is 0 Å². The third-order valence-corrected chi connectivity index (χ3v) is 4.51. The van der Waals surface area contributed by atoms with Crippen molar-refractivity contribution in [1.82, 2.24) is 10.2 Å². The van der Waals surface area contributed by atoms with Crippen molar-refractivity contribution in [3.8, 4) is 0 Å². The van der Waals surface area contributed by atoms with Crippen molar-refractivity contribution in [2.24, 2.45) is 5.92 Å². The summed E-state index contributed by atoms with van der Waals surface area (Å²) >= 11 is 0. The summed E-state index contributed by atoms with van der Waals surface area (Å²) in [5.74, 6) is 0.930. The Bertz CT molecular complexity index is 392. The highest BCUT2D eigenvalue weighted by Crippen LogP contribution is 2.15. The van der Waals surface area contributed by atoms with E-state index in [1.54, 1.807) is 0 Å². The van der Waals surface area contributed by atoms with E-state index < -0.39 is 0 Å². The predicted molar refractivity (Wildman–Crippen MR) is 82.5 cm³/mol. The zero-order valence-electron chi connectivity index (χ0n) is 12.7. The predicted octanol–water partition coefficient (Wildman–Crippen LogP) is 3.12. The van der Waals surface area contributed by atoms with E-state index in [2.05, 4.69) is 49.2 Å². The maximum Gasteiger partial charge on any atom is 0.0208 e. The second-order valence-corrected chi connectivity index (χ2v) is 6.06. The number of hydrogen-bond acceptors (Lipinski definition) is 2. The Balaban J connectivity index is 1.68. The van der Waals surface area contributed by atoms with Gasteiger partial charge in [-0.1, -0.05) is 25.1 Å². The second kappa shape index (κ2) is 7.06. The zero-order valence-corrected chi connectivity index (χ0v) is 12.7. The Morgan fingerprint density at radius 2 is 1.95 bits per heavy atom. The summed E-state index contributed by atoms with van der Waals surface area (Å²) in [4.78, 5) is 2.59.